The lowest BCUT2D eigenvalue weighted by molar-refractivity contribution is -0.150. The summed E-state index contributed by atoms with van der Waals surface area (Å²) in [6, 6.07) is 14.7. The highest BCUT2D eigenvalue weighted by molar-refractivity contribution is 7.99. The SMILES string of the molecule is CCC(=O)OC(COc1ccc(CC(SC)C(=O)NC=O)cc1)c1cccc(OC)c1. The fourth-order valence-electron chi connectivity index (χ4n) is 2.82. The van der Waals surface area contributed by atoms with Gasteiger partial charge in [-0.3, -0.25) is 19.7 Å². The Balaban J connectivity index is 2.04. The number of hydrogen-bond acceptors (Lipinski definition) is 7. The third kappa shape index (κ3) is 7.64. The van der Waals surface area contributed by atoms with Gasteiger partial charge in [0.05, 0.1) is 12.4 Å². The van der Waals surface area contributed by atoms with Crippen LogP contribution in [0.5, 0.6) is 11.5 Å². The second-order valence-electron chi connectivity index (χ2n) is 6.62. The first kappa shape index (κ1) is 24.3. The molecule has 0 saturated carbocycles. The lowest BCUT2D eigenvalue weighted by Crippen LogP contribution is -2.32. The van der Waals surface area contributed by atoms with E-state index in [1.807, 2.05) is 42.7 Å². The molecule has 0 spiro atoms. The predicted molar refractivity (Wildman–Crippen MR) is 119 cm³/mol. The first-order valence-electron chi connectivity index (χ1n) is 9.82. The summed E-state index contributed by atoms with van der Waals surface area (Å²) in [7, 11) is 1.58. The Hall–Kier alpha value is -3.00. The summed E-state index contributed by atoms with van der Waals surface area (Å²) >= 11 is 1.38. The molecule has 2 atom stereocenters. The zero-order chi connectivity index (χ0) is 22.6. The van der Waals surface area contributed by atoms with Gasteiger partial charge in [-0.2, -0.15) is 11.8 Å². The number of hydrogen-bond donors (Lipinski definition) is 1. The summed E-state index contributed by atoms with van der Waals surface area (Å²) in [5.74, 6) is 0.647. The number of amides is 2. The molecule has 2 aromatic rings. The number of esters is 1. The van der Waals surface area contributed by atoms with Crippen LogP contribution in [0.15, 0.2) is 48.5 Å². The molecular weight excluding hydrogens is 418 g/mol. The van der Waals surface area contributed by atoms with E-state index in [1.165, 1.54) is 11.8 Å². The van der Waals surface area contributed by atoms with Gasteiger partial charge < -0.3 is 14.2 Å². The monoisotopic (exact) mass is 445 g/mol. The fraction of sp³-hybridized carbons (Fsp3) is 0.348. The van der Waals surface area contributed by atoms with E-state index in [2.05, 4.69) is 5.32 Å². The zero-order valence-corrected chi connectivity index (χ0v) is 18.6. The lowest BCUT2D eigenvalue weighted by atomic mass is 10.1. The fourth-order valence-corrected chi connectivity index (χ4v) is 3.47. The average molecular weight is 446 g/mol. The molecule has 0 radical (unpaired) electrons. The molecular formula is C23H27NO6S. The predicted octanol–water partition coefficient (Wildman–Crippen LogP) is 3.32. The zero-order valence-electron chi connectivity index (χ0n) is 17.8. The first-order chi connectivity index (χ1) is 15.0. The lowest BCUT2D eigenvalue weighted by Gasteiger charge is -2.19. The van der Waals surface area contributed by atoms with Crippen molar-refractivity contribution >= 4 is 30.0 Å². The number of ether oxygens (including phenoxy) is 3. The molecule has 2 aromatic carbocycles. The number of benzene rings is 2. The van der Waals surface area contributed by atoms with Crippen molar-refractivity contribution < 1.29 is 28.6 Å². The number of carbonyl (C=O) groups excluding carboxylic acids is 3. The van der Waals surface area contributed by atoms with Crippen LogP contribution in [-0.4, -0.2) is 43.5 Å². The molecule has 0 bridgehead atoms. The van der Waals surface area contributed by atoms with Gasteiger partial charge in [-0.25, -0.2) is 0 Å². The van der Waals surface area contributed by atoms with Gasteiger partial charge in [0.25, 0.3) is 0 Å². The first-order valence-corrected chi connectivity index (χ1v) is 11.1. The van der Waals surface area contributed by atoms with Crippen LogP contribution in [0.2, 0.25) is 0 Å². The molecule has 0 aliphatic heterocycles. The van der Waals surface area contributed by atoms with Crippen molar-refractivity contribution in [2.45, 2.75) is 31.1 Å². The molecule has 2 unspecified atom stereocenters. The highest BCUT2D eigenvalue weighted by Crippen LogP contribution is 2.25. The summed E-state index contributed by atoms with van der Waals surface area (Å²) in [5.41, 5.74) is 1.72. The molecule has 0 saturated heterocycles. The van der Waals surface area contributed by atoms with Crippen LogP contribution < -0.4 is 14.8 Å². The Bertz CT molecular complexity index is 871. The molecule has 2 amide bonds. The van der Waals surface area contributed by atoms with Gasteiger partial charge in [-0.05, 0) is 48.1 Å². The van der Waals surface area contributed by atoms with E-state index in [0.717, 1.165) is 11.1 Å². The maximum absolute atomic E-state index is 11.9. The van der Waals surface area contributed by atoms with Crippen molar-refractivity contribution in [3.05, 3.63) is 59.7 Å². The van der Waals surface area contributed by atoms with Crippen molar-refractivity contribution in [1.82, 2.24) is 5.32 Å². The minimum absolute atomic E-state index is 0.146. The molecule has 0 aliphatic carbocycles. The number of carbonyl (C=O) groups is 3. The van der Waals surface area contributed by atoms with Crippen LogP contribution in [0.4, 0.5) is 0 Å². The van der Waals surface area contributed by atoms with Crippen molar-refractivity contribution in [1.29, 1.82) is 0 Å². The third-order valence-electron chi connectivity index (χ3n) is 4.55. The minimum Gasteiger partial charge on any atom is -0.497 e. The Morgan fingerprint density at radius 2 is 1.87 bits per heavy atom. The minimum atomic E-state index is -0.574. The second-order valence-corrected chi connectivity index (χ2v) is 7.66. The van der Waals surface area contributed by atoms with Gasteiger partial charge in [0, 0.05) is 6.42 Å². The molecule has 0 heterocycles. The molecule has 2 rings (SSSR count). The highest BCUT2D eigenvalue weighted by Gasteiger charge is 2.19. The largest absolute Gasteiger partial charge is 0.497 e. The van der Waals surface area contributed by atoms with Gasteiger partial charge >= 0.3 is 5.97 Å². The summed E-state index contributed by atoms with van der Waals surface area (Å²) in [4.78, 5) is 34.2. The average Bonchev–Trinajstić information content (AvgIpc) is 2.80. The maximum atomic E-state index is 11.9. The molecule has 0 aromatic heterocycles. The van der Waals surface area contributed by atoms with Gasteiger partial charge in [-0.1, -0.05) is 31.2 Å². The number of imide groups is 1. The van der Waals surface area contributed by atoms with E-state index < -0.39 is 6.10 Å². The van der Waals surface area contributed by atoms with Crippen molar-refractivity contribution in [2.75, 3.05) is 20.0 Å². The molecule has 8 heteroatoms. The summed E-state index contributed by atoms with van der Waals surface area (Å²) in [6.07, 6.45) is 2.40. The van der Waals surface area contributed by atoms with Crippen LogP contribution in [0.3, 0.4) is 0 Å². The standard InChI is InChI=1S/C23H27NO6S/c1-4-22(26)30-20(17-6-5-7-19(13-17)28-2)14-29-18-10-8-16(9-11-18)12-21(31-3)23(27)24-15-25/h5-11,13,15,20-21H,4,12,14H2,1-3H3,(H,24,25,27). The maximum Gasteiger partial charge on any atom is 0.306 e. The van der Waals surface area contributed by atoms with Crippen molar-refractivity contribution in [3.63, 3.8) is 0 Å². The Morgan fingerprint density at radius 3 is 2.48 bits per heavy atom. The molecule has 0 aliphatic rings. The normalized spacial score (nSPS) is 12.4. The number of thioether (sulfide) groups is 1. The number of nitrogens with one attached hydrogen (secondary N) is 1. The van der Waals surface area contributed by atoms with Gasteiger partial charge in [0.15, 0.2) is 6.10 Å². The molecule has 0 fully saturated rings. The van der Waals surface area contributed by atoms with E-state index in [4.69, 9.17) is 14.2 Å². The van der Waals surface area contributed by atoms with Gasteiger partial charge in [-0.15, -0.1) is 0 Å². The third-order valence-corrected chi connectivity index (χ3v) is 5.50. The van der Waals surface area contributed by atoms with Crippen LogP contribution in [-0.2, 0) is 25.5 Å². The van der Waals surface area contributed by atoms with E-state index in [0.29, 0.717) is 24.3 Å². The van der Waals surface area contributed by atoms with Crippen molar-refractivity contribution in [3.8, 4) is 11.5 Å². The smallest absolute Gasteiger partial charge is 0.306 e. The topological polar surface area (TPSA) is 90.9 Å². The second kappa shape index (κ2) is 12.6. The molecule has 7 nitrogen and oxygen atoms in total. The van der Waals surface area contributed by atoms with E-state index in [-0.39, 0.29) is 30.2 Å². The van der Waals surface area contributed by atoms with Crippen LogP contribution in [0, 0.1) is 0 Å². The number of rotatable bonds is 12. The Labute approximate surface area is 186 Å². The van der Waals surface area contributed by atoms with E-state index in [1.54, 1.807) is 26.2 Å². The van der Waals surface area contributed by atoms with Crippen LogP contribution >= 0.6 is 11.8 Å². The van der Waals surface area contributed by atoms with E-state index >= 15 is 0 Å². The highest BCUT2D eigenvalue weighted by atomic mass is 32.2. The summed E-state index contributed by atoms with van der Waals surface area (Å²) in [5, 5.41) is 1.83. The number of methoxy groups -OCH3 is 1. The quantitative estimate of drug-likeness (QED) is 0.396. The Kier molecular flexibility index (Phi) is 9.90. The molecule has 166 valence electrons. The van der Waals surface area contributed by atoms with Gasteiger partial charge in [0.2, 0.25) is 12.3 Å². The van der Waals surface area contributed by atoms with Crippen LogP contribution in [0.1, 0.15) is 30.6 Å². The van der Waals surface area contributed by atoms with Gasteiger partial charge in [0.1, 0.15) is 18.1 Å². The summed E-state index contributed by atoms with van der Waals surface area (Å²) in [6.45, 7) is 1.88. The van der Waals surface area contributed by atoms with Crippen LogP contribution in [0.25, 0.3) is 0 Å². The van der Waals surface area contributed by atoms with E-state index in [9.17, 15) is 14.4 Å². The Morgan fingerprint density at radius 1 is 1.13 bits per heavy atom. The summed E-state index contributed by atoms with van der Waals surface area (Å²) < 4.78 is 16.7. The molecule has 31 heavy (non-hydrogen) atoms. The van der Waals surface area contributed by atoms with Crippen molar-refractivity contribution in [2.24, 2.45) is 0 Å². The molecule has 1 N–H and O–H groups in total.